The molecule has 0 saturated heterocycles. The fourth-order valence-electron chi connectivity index (χ4n) is 2.96. The van der Waals surface area contributed by atoms with Crippen LogP contribution >= 0.6 is 0 Å². The molecule has 2 aromatic rings. The first-order chi connectivity index (χ1) is 10.9. The average Bonchev–Trinajstić information content (AvgIpc) is 2.79. The predicted molar refractivity (Wildman–Crippen MR) is 79.3 cm³/mol. The summed E-state index contributed by atoms with van der Waals surface area (Å²) in [7, 11) is 0. The average molecular weight is 314 g/mol. The standard InChI is InChI=1S/C15H10N2O6/c18-15(19)7-14-12-5-8(16(20)21)1-3-10(12)11-4-2-9(17(22)23)6-13(11)14/h1-6,14H,7H2,(H,18,19). The van der Waals surface area contributed by atoms with Gasteiger partial charge in [-0.15, -0.1) is 0 Å². The van der Waals surface area contributed by atoms with E-state index in [-0.39, 0.29) is 17.8 Å². The van der Waals surface area contributed by atoms with Crippen LogP contribution in [0.5, 0.6) is 0 Å². The summed E-state index contributed by atoms with van der Waals surface area (Å²) < 4.78 is 0. The lowest BCUT2D eigenvalue weighted by molar-refractivity contribution is -0.385. The molecule has 8 nitrogen and oxygen atoms in total. The van der Waals surface area contributed by atoms with Gasteiger partial charge in [-0.2, -0.15) is 0 Å². The Kier molecular flexibility index (Phi) is 3.29. The smallest absolute Gasteiger partial charge is 0.304 e. The molecule has 0 saturated carbocycles. The zero-order valence-electron chi connectivity index (χ0n) is 11.6. The number of benzene rings is 2. The first-order valence-electron chi connectivity index (χ1n) is 6.67. The lowest BCUT2D eigenvalue weighted by Crippen LogP contribution is -2.05. The van der Waals surface area contributed by atoms with Crippen LogP contribution in [0.25, 0.3) is 11.1 Å². The van der Waals surface area contributed by atoms with Crippen LogP contribution in [0, 0.1) is 20.2 Å². The molecule has 0 spiro atoms. The molecule has 1 N–H and O–H groups in total. The Hall–Kier alpha value is -3.29. The van der Waals surface area contributed by atoms with Crippen molar-refractivity contribution >= 4 is 17.3 Å². The van der Waals surface area contributed by atoms with Crippen molar-refractivity contribution in [3.63, 3.8) is 0 Å². The van der Waals surface area contributed by atoms with Crippen molar-refractivity contribution in [2.75, 3.05) is 0 Å². The van der Waals surface area contributed by atoms with E-state index in [9.17, 15) is 25.0 Å². The van der Waals surface area contributed by atoms with Gasteiger partial charge in [0.1, 0.15) is 0 Å². The Morgan fingerprint density at radius 2 is 1.39 bits per heavy atom. The van der Waals surface area contributed by atoms with Gasteiger partial charge in [-0.3, -0.25) is 25.0 Å². The van der Waals surface area contributed by atoms with E-state index >= 15 is 0 Å². The van der Waals surface area contributed by atoms with Gasteiger partial charge >= 0.3 is 5.97 Å². The number of nitro groups is 2. The molecule has 116 valence electrons. The van der Waals surface area contributed by atoms with Gasteiger partial charge in [0.15, 0.2) is 0 Å². The molecule has 0 aliphatic heterocycles. The number of hydrogen-bond acceptors (Lipinski definition) is 5. The zero-order chi connectivity index (χ0) is 16.7. The van der Waals surface area contributed by atoms with Crippen molar-refractivity contribution in [2.45, 2.75) is 12.3 Å². The van der Waals surface area contributed by atoms with Gasteiger partial charge < -0.3 is 5.11 Å². The molecule has 1 aliphatic carbocycles. The van der Waals surface area contributed by atoms with Gasteiger partial charge in [0, 0.05) is 30.2 Å². The summed E-state index contributed by atoms with van der Waals surface area (Å²) in [5, 5.41) is 31.0. The summed E-state index contributed by atoms with van der Waals surface area (Å²) in [5.41, 5.74) is 2.09. The van der Waals surface area contributed by atoms with Crippen LogP contribution in [0.3, 0.4) is 0 Å². The summed E-state index contributed by atoms with van der Waals surface area (Å²) in [6, 6.07) is 8.48. The highest BCUT2D eigenvalue weighted by Gasteiger charge is 2.33. The number of carboxylic acid groups (broad SMARTS) is 1. The van der Waals surface area contributed by atoms with Gasteiger partial charge in [-0.05, 0) is 34.4 Å². The van der Waals surface area contributed by atoms with E-state index in [0.717, 1.165) is 0 Å². The number of non-ortho nitro benzene ring substituents is 2. The highest BCUT2D eigenvalue weighted by Crippen LogP contribution is 2.48. The SMILES string of the molecule is O=C(O)CC1c2cc([N+](=O)[O-])ccc2-c2ccc([N+](=O)[O-])cc21. The van der Waals surface area contributed by atoms with Crippen molar-refractivity contribution < 1.29 is 19.7 Å². The van der Waals surface area contributed by atoms with E-state index in [0.29, 0.717) is 22.3 Å². The van der Waals surface area contributed by atoms with E-state index in [2.05, 4.69) is 0 Å². The summed E-state index contributed by atoms with van der Waals surface area (Å²) >= 11 is 0. The molecule has 0 radical (unpaired) electrons. The van der Waals surface area contributed by atoms with Crippen LogP contribution in [0.4, 0.5) is 11.4 Å². The molecular formula is C15H10N2O6. The molecule has 0 bridgehead atoms. The maximum atomic E-state index is 11.1. The fourth-order valence-corrected chi connectivity index (χ4v) is 2.96. The molecule has 2 aromatic carbocycles. The number of carbonyl (C=O) groups is 1. The molecule has 0 atom stereocenters. The van der Waals surface area contributed by atoms with Gasteiger partial charge in [-0.25, -0.2) is 0 Å². The van der Waals surface area contributed by atoms with Crippen molar-refractivity contribution in [3.8, 4) is 11.1 Å². The van der Waals surface area contributed by atoms with Gasteiger partial charge in [0.2, 0.25) is 0 Å². The third-order valence-corrected chi connectivity index (χ3v) is 3.91. The summed E-state index contributed by atoms with van der Waals surface area (Å²) in [6.07, 6.45) is -0.289. The maximum absolute atomic E-state index is 11.1. The zero-order valence-corrected chi connectivity index (χ0v) is 11.6. The van der Waals surface area contributed by atoms with Crippen LogP contribution in [-0.2, 0) is 4.79 Å². The Bertz CT molecular complexity index is 798. The minimum Gasteiger partial charge on any atom is -0.481 e. The molecule has 1 aliphatic rings. The number of carboxylic acids is 1. The second-order valence-electron chi connectivity index (χ2n) is 5.21. The lowest BCUT2D eigenvalue weighted by atomic mass is 9.93. The normalized spacial score (nSPS) is 12.5. The number of rotatable bonds is 4. The number of nitrogens with zero attached hydrogens (tertiary/aromatic N) is 2. The second-order valence-corrected chi connectivity index (χ2v) is 5.21. The van der Waals surface area contributed by atoms with Crippen LogP contribution in [0.15, 0.2) is 36.4 Å². The van der Waals surface area contributed by atoms with Gasteiger partial charge in [0.25, 0.3) is 11.4 Å². The van der Waals surface area contributed by atoms with E-state index in [1.54, 1.807) is 12.1 Å². The second kappa shape index (κ2) is 5.16. The minimum absolute atomic E-state index is 0.138. The molecule has 0 amide bonds. The van der Waals surface area contributed by atoms with Crippen molar-refractivity contribution in [2.24, 2.45) is 0 Å². The molecule has 3 rings (SSSR count). The van der Waals surface area contributed by atoms with Crippen LogP contribution in [0.2, 0.25) is 0 Å². The Morgan fingerprint density at radius 1 is 0.957 bits per heavy atom. The quantitative estimate of drug-likeness (QED) is 0.683. The monoisotopic (exact) mass is 314 g/mol. The Balaban J connectivity index is 2.21. The largest absolute Gasteiger partial charge is 0.481 e. The molecular weight excluding hydrogens is 304 g/mol. The van der Waals surface area contributed by atoms with E-state index in [1.807, 2.05) is 0 Å². The van der Waals surface area contributed by atoms with Crippen molar-refractivity contribution in [3.05, 3.63) is 67.8 Å². The maximum Gasteiger partial charge on any atom is 0.304 e. The molecule has 23 heavy (non-hydrogen) atoms. The van der Waals surface area contributed by atoms with E-state index in [4.69, 9.17) is 5.11 Å². The molecule has 0 unspecified atom stereocenters. The van der Waals surface area contributed by atoms with Gasteiger partial charge in [0.05, 0.1) is 16.3 Å². The highest BCUT2D eigenvalue weighted by molar-refractivity contribution is 5.83. The highest BCUT2D eigenvalue weighted by atomic mass is 16.6. The molecule has 8 heteroatoms. The number of aliphatic carboxylic acids is 1. The number of hydrogen-bond donors (Lipinski definition) is 1. The van der Waals surface area contributed by atoms with Gasteiger partial charge in [-0.1, -0.05) is 0 Å². The lowest BCUT2D eigenvalue weighted by Gasteiger charge is -2.10. The summed E-state index contributed by atoms with van der Waals surface area (Å²) in [4.78, 5) is 31.9. The Morgan fingerprint density at radius 3 is 1.74 bits per heavy atom. The summed E-state index contributed by atoms with van der Waals surface area (Å²) in [5.74, 6) is -1.72. The number of nitro benzene ring substituents is 2. The first kappa shape index (κ1) is 14.6. The van der Waals surface area contributed by atoms with Crippen LogP contribution in [-0.4, -0.2) is 20.9 Å². The van der Waals surface area contributed by atoms with E-state index in [1.165, 1.54) is 24.3 Å². The van der Waals surface area contributed by atoms with Crippen molar-refractivity contribution in [1.29, 1.82) is 0 Å². The first-order valence-corrected chi connectivity index (χ1v) is 6.67. The summed E-state index contributed by atoms with van der Waals surface area (Å²) in [6.45, 7) is 0. The minimum atomic E-state index is -1.08. The Labute approximate surface area is 129 Å². The predicted octanol–water partition coefficient (Wildman–Crippen LogP) is 3.09. The molecule has 0 heterocycles. The molecule has 0 fully saturated rings. The van der Waals surface area contributed by atoms with Crippen LogP contribution in [0.1, 0.15) is 23.5 Å². The van der Waals surface area contributed by atoms with Crippen LogP contribution < -0.4 is 0 Å². The third-order valence-electron chi connectivity index (χ3n) is 3.91. The molecule has 0 aromatic heterocycles. The third kappa shape index (κ3) is 2.39. The topological polar surface area (TPSA) is 124 Å². The number of fused-ring (bicyclic) bond motifs is 3. The van der Waals surface area contributed by atoms with E-state index < -0.39 is 21.7 Å². The fraction of sp³-hybridized carbons (Fsp3) is 0.133. The van der Waals surface area contributed by atoms with Crippen molar-refractivity contribution in [1.82, 2.24) is 0 Å².